The van der Waals surface area contributed by atoms with Crippen LogP contribution in [0.3, 0.4) is 0 Å². The molecule has 18 heavy (non-hydrogen) atoms. The van der Waals surface area contributed by atoms with Gasteiger partial charge in [-0.2, -0.15) is 0 Å². The quantitative estimate of drug-likeness (QED) is 0.789. The summed E-state index contributed by atoms with van der Waals surface area (Å²) in [6.07, 6.45) is 2.93. The number of carboxylic acid groups (broad SMARTS) is 1. The van der Waals surface area contributed by atoms with Crippen molar-refractivity contribution in [3.63, 3.8) is 0 Å². The number of rotatable bonds is 6. The number of carbonyl (C=O) groups excluding carboxylic acids is 1. The third kappa shape index (κ3) is 5.67. The Balaban J connectivity index is 2.33. The second kappa shape index (κ2) is 7.00. The molecule has 0 fully saturated rings. The van der Waals surface area contributed by atoms with Crippen molar-refractivity contribution in [2.24, 2.45) is 5.92 Å². The van der Waals surface area contributed by atoms with E-state index in [4.69, 9.17) is 9.52 Å². The van der Waals surface area contributed by atoms with Crippen molar-refractivity contribution in [1.82, 2.24) is 5.32 Å². The van der Waals surface area contributed by atoms with Gasteiger partial charge in [-0.05, 0) is 40.1 Å². The Hall–Kier alpha value is -1.56. The van der Waals surface area contributed by atoms with E-state index in [-0.39, 0.29) is 18.2 Å². The lowest BCUT2D eigenvalue weighted by atomic mass is 10.1. The normalized spacial score (nSPS) is 12.6. The molecule has 1 unspecified atom stereocenters. The van der Waals surface area contributed by atoms with Crippen LogP contribution in [0.2, 0.25) is 0 Å². The van der Waals surface area contributed by atoms with Crippen LogP contribution in [0, 0.1) is 5.92 Å². The Morgan fingerprint density at radius 1 is 1.56 bits per heavy atom. The highest BCUT2D eigenvalue weighted by molar-refractivity contribution is 9.10. The van der Waals surface area contributed by atoms with Gasteiger partial charge in [-0.3, -0.25) is 9.59 Å². The summed E-state index contributed by atoms with van der Waals surface area (Å²) >= 11 is 3.16. The Bertz CT molecular complexity index is 453. The Labute approximate surface area is 113 Å². The third-order valence-electron chi connectivity index (χ3n) is 2.14. The number of carbonyl (C=O) groups is 2. The lowest BCUT2D eigenvalue weighted by Crippen LogP contribution is -2.27. The van der Waals surface area contributed by atoms with E-state index in [9.17, 15) is 9.59 Å². The fourth-order valence-electron chi connectivity index (χ4n) is 1.28. The molecule has 1 aromatic rings. The van der Waals surface area contributed by atoms with E-state index in [0.29, 0.717) is 17.0 Å². The first-order chi connectivity index (χ1) is 8.47. The average Bonchev–Trinajstić information content (AvgIpc) is 2.69. The highest BCUT2D eigenvalue weighted by Gasteiger charge is 2.08. The zero-order valence-electron chi connectivity index (χ0n) is 9.85. The van der Waals surface area contributed by atoms with Crippen molar-refractivity contribution < 1.29 is 19.1 Å². The summed E-state index contributed by atoms with van der Waals surface area (Å²) in [5.74, 6) is -0.680. The zero-order chi connectivity index (χ0) is 13.5. The molecule has 6 heteroatoms. The van der Waals surface area contributed by atoms with Crippen molar-refractivity contribution in [1.29, 1.82) is 0 Å². The molecule has 0 aliphatic heterocycles. The van der Waals surface area contributed by atoms with Crippen molar-refractivity contribution >= 4 is 33.9 Å². The smallest absolute Gasteiger partial charge is 0.303 e. The second-order valence-corrected chi connectivity index (χ2v) is 4.70. The monoisotopic (exact) mass is 315 g/mol. The first kappa shape index (κ1) is 14.5. The standard InChI is InChI=1S/C12H14BrNO4/c1-8(6-12(16)17)7-14-11(15)5-3-9-2-4-10(13)18-9/h2-5,8H,6-7H2,1H3,(H,14,15)(H,16,17)/b5-3+. The third-order valence-corrected chi connectivity index (χ3v) is 2.57. The number of nitrogens with one attached hydrogen (secondary N) is 1. The molecule has 1 rings (SSSR count). The molecule has 0 saturated heterocycles. The van der Waals surface area contributed by atoms with Gasteiger partial charge >= 0.3 is 5.97 Å². The molecule has 0 bridgehead atoms. The molecule has 5 nitrogen and oxygen atoms in total. The fraction of sp³-hybridized carbons (Fsp3) is 0.333. The van der Waals surface area contributed by atoms with Gasteiger partial charge in [0.05, 0.1) is 0 Å². The molecule has 0 aliphatic rings. The van der Waals surface area contributed by atoms with Crippen molar-refractivity contribution in [3.05, 3.63) is 28.6 Å². The van der Waals surface area contributed by atoms with Crippen LogP contribution in [-0.2, 0) is 9.59 Å². The molecule has 1 heterocycles. The van der Waals surface area contributed by atoms with Crippen molar-refractivity contribution in [3.8, 4) is 0 Å². The molecule has 0 spiro atoms. The van der Waals surface area contributed by atoms with Gasteiger partial charge in [-0.15, -0.1) is 0 Å². The molecule has 0 saturated carbocycles. The summed E-state index contributed by atoms with van der Waals surface area (Å²) in [5.41, 5.74) is 0. The van der Waals surface area contributed by atoms with Gasteiger partial charge < -0.3 is 14.8 Å². The largest absolute Gasteiger partial charge is 0.481 e. The predicted octanol–water partition coefficient (Wildman–Crippen LogP) is 2.28. The maximum absolute atomic E-state index is 11.4. The summed E-state index contributed by atoms with van der Waals surface area (Å²) in [4.78, 5) is 21.8. The summed E-state index contributed by atoms with van der Waals surface area (Å²) in [5, 5.41) is 11.2. The number of furan rings is 1. The number of hydrogen-bond donors (Lipinski definition) is 2. The minimum absolute atomic E-state index is 0.0368. The molecule has 1 atom stereocenters. The number of hydrogen-bond acceptors (Lipinski definition) is 3. The van der Waals surface area contributed by atoms with Crippen LogP contribution >= 0.6 is 15.9 Å². The van der Waals surface area contributed by atoms with Crippen molar-refractivity contribution in [2.75, 3.05) is 6.54 Å². The van der Waals surface area contributed by atoms with Crippen LogP contribution in [0.15, 0.2) is 27.3 Å². The molecule has 98 valence electrons. The van der Waals surface area contributed by atoms with E-state index >= 15 is 0 Å². The minimum Gasteiger partial charge on any atom is -0.481 e. The van der Waals surface area contributed by atoms with Crippen LogP contribution in [-0.4, -0.2) is 23.5 Å². The number of halogens is 1. The minimum atomic E-state index is -0.868. The summed E-state index contributed by atoms with van der Waals surface area (Å²) in [6, 6.07) is 3.45. The fourth-order valence-corrected chi connectivity index (χ4v) is 1.60. The molecule has 2 N–H and O–H groups in total. The maximum Gasteiger partial charge on any atom is 0.303 e. The molecule has 0 aromatic carbocycles. The first-order valence-electron chi connectivity index (χ1n) is 5.40. The lowest BCUT2D eigenvalue weighted by molar-refractivity contribution is -0.138. The van der Waals surface area contributed by atoms with Gasteiger partial charge in [-0.25, -0.2) is 0 Å². The summed E-state index contributed by atoms with van der Waals surface area (Å²) < 4.78 is 5.78. The van der Waals surface area contributed by atoms with Gasteiger partial charge in [0.2, 0.25) is 5.91 Å². The highest BCUT2D eigenvalue weighted by Crippen LogP contribution is 2.14. The Morgan fingerprint density at radius 3 is 2.83 bits per heavy atom. The van der Waals surface area contributed by atoms with E-state index in [2.05, 4.69) is 21.2 Å². The molecular formula is C12H14BrNO4. The number of amides is 1. The van der Waals surface area contributed by atoms with Crippen molar-refractivity contribution in [2.45, 2.75) is 13.3 Å². The highest BCUT2D eigenvalue weighted by atomic mass is 79.9. The Kier molecular flexibility index (Phi) is 5.64. The predicted molar refractivity (Wildman–Crippen MR) is 69.9 cm³/mol. The number of carboxylic acids is 1. The van der Waals surface area contributed by atoms with E-state index in [1.54, 1.807) is 25.1 Å². The van der Waals surface area contributed by atoms with E-state index in [0.717, 1.165) is 0 Å². The molecule has 0 aliphatic carbocycles. The van der Waals surface area contributed by atoms with Crippen LogP contribution in [0.5, 0.6) is 0 Å². The molecule has 0 radical (unpaired) electrons. The molecular weight excluding hydrogens is 302 g/mol. The first-order valence-corrected chi connectivity index (χ1v) is 6.19. The summed E-state index contributed by atoms with van der Waals surface area (Å²) in [6.45, 7) is 2.10. The second-order valence-electron chi connectivity index (χ2n) is 3.92. The van der Waals surface area contributed by atoms with Gasteiger partial charge in [0.15, 0.2) is 4.67 Å². The maximum atomic E-state index is 11.4. The topological polar surface area (TPSA) is 79.5 Å². The SMILES string of the molecule is CC(CNC(=O)/C=C/c1ccc(Br)o1)CC(=O)O. The molecule has 1 aromatic heterocycles. The van der Waals surface area contributed by atoms with E-state index in [1.807, 2.05) is 0 Å². The lowest BCUT2D eigenvalue weighted by Gasteiger charge is -2.08. The van der Waals surface area contributed by atoms with Crippen LogP contribution in [0.1, 0.15) is 19.1 Å². The Morgan fingerprint density at radius 2 is 2.28 bits per heavy atom. The van der Waals surface area contributed by atoms with Gasteiger partial charge in [-0.1, -0.05) is 6.92 Å². The van der Waals surface area contributed by atoms with E-state index < -0.39 is 5.97 Å². The molecule has 1 amide bonds. The number of aliphatic carboxylic acids is 1. The average molecular weight is 316 g/mol. The van der Waals surface area contributed by atoms with Gasteiger partial charge in [0, 0.05) is 19.0 Å². The van der Waals surface area contributed by atoms with Gasteiger partial charge in [0.25, 0.3) is 0 Å². The van der Waals surface area contributed by atoms with Crippen LogP contribution in [0.25, 0.3) is 6.08 Å². The van der Waals surface area contributed by atoms with Crippen LogP contribution in [0.4, 0.5) is 0 Å². The van der Waals surface area contributed by atoms with E-state index in [1.165, 1.54) is 6.08 Å². The van der Waals surface area contributed by atoms with Gasteiger partial charge in [0.1, 0.15) is 5.76 Å². The van der Waals surface area contributed by atoms with Crippen LogP contribution < -0.4 is 5.32 Å². The zero-order valence-corrected chi connectivity index (χ0v) is 11.4. The summed E-state index contributed by atoms with van der Waals surface area (Å²) in [7, 11) is 0.